The second-order valence-electron chi connectivity index (χ2n) is 4.73. The Morgan fingerprint density at radius 2 is 2.31 bits per heavy atom. The molecule has 0 radical (unpaired) electrons. The molecule has 0 aromatic rings. The Hall–Kier alpha value is -0.770. The third-order valence-corrected chi connectivity index (χ3v) is 3.34. The minimum atomic E-state index is 0.416. The van der Waals surface area contributed by atoms with Crippen molar-refractivity contribution in [2.45, 2.75) is 39.7 Å². The minimum Gasteiger partial charge on any atom is -0.370 e. The SMILES string of the molecule is CCC(C)NC(N)=NCC1CCN(CC)C1. The predicted molar refractivity (Wildman–Crippen MR) is 69.6 cm³/mol. The summed E-state index contributed by atoms with van der Waals surface area (Å²) in [6.07, 6.45) is 2.33. The van der Waals surface area contributed by atoms with Crippen LogP contribution >= 0.6 is 0 Å². The quantitative estimate of drug-likeness (QED) is 0.544. The minimum absolute atomic E-state index is 0.416. The number of aliphatic imine (C=N–C) groups is 1. The Morgan fingerprint density at radius 1 is 1.56 bits per heavy atom. The molecule has 4 nitrogen and oxygen atoms in total. The first kappa shape index (κ1) is 13.3. The number of likely N-dealkylation sites (tertiary alicyclic amines) is 1. The molecule has 1 saturated heterocycles. The highest BCUT2D eigenvalue weighted by Crippen LogP contribution is 2.15. The molecule has 0 amide bonds. The molecule has 3 N–H and O–H groups in total. The molecule has 0 aliphatic carbocycles. The van der Waals surface area contributed by atoms with Crippen LogP contribution < -0.4 is 11.1 Å². The number of hydrogen-bond acceptors (Lipinski definition) is 2. The zero-order valence-corrected chi connectivity index (χ0v) is 10.9. The van der Waals surface area contributed by atoms with Crippen LogP contribution in [0.5, 0.6) is 0 Å². The Kier molecular flexibility index (Phi) is 5.60. The molecule has 4 heteroatoms. The molecule has 0 aromatic heterocycles. The molecule has 16 heavy (non-hydrogen) atoms. The fraction of sp³-hybridized carbons (Fsp3) is 0.917. The van der Waals surface area contributed by atoms with Crippen molar-refractivity contribution < 1.29 is 0 Å². The first-order valence-electron chi connectivity index (χ1n) is 6.44. The van der Waals surface area contributed by atoms with E-state index in [2.05, 4.69) is 36.0 Å². The van der Waals surface area contributed by atoms with Crippen LogP contribution in [0.15, 0.2) is 4.99 Å². The lowest BCUT2D eigenvalue weighted by Crippen LogP contribution is -2.38. The van der Waals surface area contributed by atoms with Gasteiger partial charge in [0.2, 0.25) is 0 Å². The lowest BCUT2D eigenvalue weighted by molar-refractivity contribution is 0.343. The van der Waals surface area contributed by atoms with Gasteiger partial charge in [-0.1, -0.05) is 13.8 Å². The molecule has 2 unspecified atom stereocenters. The summed E-state index contributed by atoms with van der Waals surface area (Å²) in [6.45, 7) is 10.9. The zero-order chi connectivity index (χ0) is 12.0. The summed E-state index contributed by atoms with van der Waals surface area (Å²) in [5, 5.41) is 3.19. The van der Waals surface area contributed by atoms with E-state index in [1.807, 2.05) is 0 Å². The Bertz CT molecular complexity index is 227. The van der Waals surface area contributed by atoms with Crippen molar-refractivity contribution in [3.63, 3.8) is 0 Å². The van der Waals surface area contributed by atoms with E-state index in [1.54, 1.807) is 0 Å². The maximum Gasteiger partial charge on any atom is 0.188 e. The maximum absolute atomic E-state index is 5.82. The number of nitrogens with one attached hydrogen (secondary N) is 1. The van der Waals surface area contributed by atoms with Crippen LogP contribution in [0.25, 0.3) is 0 Å². The molecule has 2 atom stereocenters. The highest BCUT2D eigenvalue weighted by molar-refractivity contribution is 5.78. The van der Waals surface area contributed by atoms with Gasteiger partial charge in [-0.05, 0) is 38.8 Å². The second-order valence-corrected chi connectivity index (χ2v) is 4.73. The highest BCUT2D eigenvalue weighted by atomic mass is 15.2. The largest absolute Gasteiger partial charge is 0.370 e. The standard InChI is InChI=1S/C12H26N4/c1-4-10(3)15-12(13)14-8-11-6-7-16(5-2)9-11/h10-11H,4-9H2,1-3H3,(H3,13,14,15). The van der Waals surface area contributed by atoms with Gasteiger partial charge < -0.3 is 16.0 Å². The van der Waals surface area contributed by atoms with E-state index in [0.29, 0.717) is 17.9 Å². The van der Waals surface area contributed by atoms with Gasteiger partial charge >= 0.3 is 0 Å². The van der Waals surface area contributed by atoms with Crippen molar-refractivity contribution in [2.75, 3.05) is 26.2 Å². The highest BCUT2D eigenvalue weighted by Gasteiger charge is 2.20. The van der Waals surface area contributed by atoms with Gasteiger partial charge in [-0.25, -0.2) is 0 Å². The third-order valence-electron chi connectivity index (χ3n) is 3.34. The van der Waals surface area contributed by atoms with Crippen molar-refractivity contribution in [2.24, 2.45) is 16.6 Å². The smallest absolute Gasteiger partial charge is 0.188 e. The molecule has 0 saturated carbocycles. The van der Waals surface area contributed by atoms with Gasteiger partial charge in [-0.15, -0.1) is 0 Å². The van der Waals surface area contributed by atoms with Gasteiger partial charge in [-0.2, -0.15) is 0 Å². The summed E-state index contributed by atoms with van der Waals surface area (Å²) in [6, 6.07) is 0.416. The van der Waals surface area contributed by atoms with Crippen LogP contribution in [-0.2, 0) is 0 Å². The number of guanidine groups is 1. The number of nitrogens with zero attached hydrogens (tertiary/aromatic N) is 2. The van der Waals surface area contributed by atoms with Gasteiger partial charge in [-0.3, -0.25) is 4.99 Å². The van der Waals surface area contributed by atoms with Crippen molar-refractivity contribution in [3.8, 4) is 0 Å². The van der Waals surface area contributed by atoms with Gasteiger partial charge in [0.25, 0.3) is 0 Å². The van der Waals surface area contributed by atoms with E-state index >= 15 is 0 Å². The number of rotatable bonds is 5. The van der Waals surface area contributed by atoms with Crippen molar-refractivity contribution in [3.05, 3.63) is 0 Å². The predicted octanol–water partition coefficient (Wildman–Crippen LogP) is 1.03. The van der Waals surface area contributed by atoms with Crippen LogP contribution in [0.3, 0.4) is 0 Å². The monoisotopic (exact) mass is 226 g/mol. The average Bonchev–Trinajstić information content (AvgIpc) is 2.74. The molecule has 0 bridgehead atoms. The van der Waals surface area contributed by atoms with E-state index < -0.39 is 0 Å². The summed E-state index contributed by atoms with van der Waals surface area (Å²) in [5.74, 6) is 1.29. The van der Waals surface area contributed by atoms with Crippen LogP contribution in [0.1, 0.15) is 33.6 Å². The summed E-state index contributed by atoms with van der Waals surface area (Å²) in [4.78, 5) is 6.89. The third kappa shape index (κ3) is 4.39. The van der Waals surface area contributed by atoms with E-state index in [9.17, 15) is 0 Å². The lowest BCUT2D eigenvalue weighted by Gasteiger charge is -2.13. The Balaban J connectivity index is 2.25. The zero-order valence-electron chi connectivity index (χ0n) is 10.9. The van der Waals surface area contributed by atoms with Crippen LogP contribution in [0.4, 0.5) is 0 Å². The van der Waals surface area contributed by atoms with E-state index in [1.165, 1.54) is 19.5 Å². The van der Waals surface area contributed by atoms with Crippen LogP contribution in [-0.4, -0.2) is 43.1 Å². The lowest BCUT2D eigenvalue weighted by atomic mass is 10.1. The van der Waals surface area contributed by atoms with E-state index in [0.717, 1.165) is 19.5 Å². The molecule has 1 aliphatic heterocycles. The first-order chi connectivity index (χ1) is 7.65. The number of hydrogen-bond donors (Lipinski definition) is 2. The molecule has 1 fully saturated rings. The molecule has 1 heterocycles. The molecular weight excluding hydrogens is 200 g/mol. The number of nitrogens with two attached hydrogens (primary N) is 1. The van der Waals surface area contributed by atoms with Crippen LogP contribution in [0, 0.1) is 5.92 Å². The maximum atomic E-state index is 5.82. The Morgan fingerprint density at radius 3 is 2.88 bits per heavy atom. The molecular formula is C12H26N4. The second kappa shape index (κ2) is 6.74. The van der Waals surface area contributed by atoms with Crippen molar-refractivity contribution >= 4 is 5.96 Å². The van der Waals surface area contributed by atoms with Gasteiger partial charge in [0.15, 0.2) is 5.96 Å². The molecule has 0 aromatic carbocycles. The van der Waals surface area contributed by atoms with E-state index in [4.69, 9.17) is 5.73 Å². The van der Waals surface area contributed by atoms with Gasteiger partial charge in [0.05, 0.1) is 0 Å². The molecule has 94 valence electrons. The molecule has 0 spiro atoms. The summed E-state index contributed by atoms with van der Waals surface area (Å²) in [5.41, 5.74) is 5.82. The van der Waals surface area contributed by atoms with E-state index in [-0.39, 0.29) is 0 Å². The van der Waals surface area contributed by atoms with Crippen molar-refractivity contribution in [1.29, 1.82) is 0 Å². The van der Waals surface area contributed by atoms with Crippen LogP contribution in [0.2, 0.25) is 0 Å². The van der Waals surface area contributed by atoms with Gasteiger partial charge in [0, 0.05) is 19.1 Å². The summed E-state index contributed by atoms with van der Waals surface area (Å²) >= 11 is 0. The average molecular weight is 226 g/mol. The molecule has 1 aliphatic rings. The topological polar surface area (TPSA) is 53.6 Å². The first-order valence-corrected chi connectivity index (χ1v) is 6.44. The van der Waals surface area contributed by atoms with Crippen molar-refractivity contribution in [1.82, 2.24) is 10.2 Å². The molecule has 1 rings (SSSR count). The normalized spacial score (nSPS) is 24.7. The fourth-order valence-corrected chi connectivity index (χ4v) is 1.98. The summed E-state index contributed by atoms with van der Waals surface area (Å²) < 4.78 is 0. The fourth-order valence-electron chi connectivity index (χ4n) is 1.98. The van der Waals surface area contributed by atoms with Gasteiger partial charge in [0.1, 0.15) is 0 Å². The Labute approximate surface area is 99.3 Å². The summed E-state index contributed by atoms with van der Waals surface area (Å²) in [7, 11) is 0.